The predicted molar refractivity (Wildman–Crippen MR) is 111 cm³/mol. The molecular formula is C23H24F2N4O3. The van der Waals surface area contributed by atoms with Crippen LogP contribution in [0.5, 0.6) is 0 Å². The number of amides is 2. The van der Waals surface area contributed by atoms with Crippen molar-refractivity contribution in [3.8, 4) is 0 Å². The first kappa shape index (κ1) is 20.8. The molecule has 2 aliphatic heterocycles. The molecule has 0 unspecified atom stereocenters. The van der Waals surface area contributed by atoms with E-state index in [-0.39, 0.29) is 29.5 Å². The highest BCUT2D eigenvalue weighted by Crippen LogP contribution is 2.33. The Bertz CT molecular complexity index is 1140. The first-order valence-corrected chi connectivity index (χ1v) is 11.1. The normalized spacial score (nSPS) is 20.8. The van der Waals surface area contributed by atoms with Crippen LogP contribution in [0.3, 0.4) is 0 Å². The van der Waals surface area contributed by atoms with Gasteiger partial charge in [-0.05, 0) is 50.3 Å². The maximum absolute atomic E-state index is 13.7. The van der Waals surface area contributed by atoms with Gasteiger partial charge in [0.2, 0.25) is 5.91 Å². The van der Waals surface area contributed by atoms with Crippen molar-refractivity contribution >= 4 is 11.8 Å². The number of H-pyrrole nitrogens is 1. The number of nitrogens with one attached hydrogen (secondary N) is 1. The van der Waals surface area contributed by atoms with Crippen LogP contribution in [0, 0.1) is 17.6 Å². The van der Waals surface area contributed by atoms with E-state index in [9.17, 15) is 23.2 Å². The van der Waals surface area contributed by atoms with E-state index in [1.165, 1.54) is 6.07 Å². The Hall–Kier alpha value is -3.10. The van der Waals surface area contributed by atoms with Gasteiger partial charge in [0.1, 0.15) is 5.82 Å². The number of halogens is 2. The van der Waals surface area contributed by atoms with E-state index in [4.69, 9.17) is 0 Å². The van der Waals surface area contributed by atoms with Crippen LogP contribution in [0.4, 0.5) is 8.78 Å². The molecule has 1 atom stereocenters. The molecule has 0 radical (unpaired) electrons. The minimum absolute atomic E-state index is 0.0605. The fraction of sp³-hybridized carbons (Fsp3) is 0.478. The Kier molecular flexibility index (Phi) is 5.27. The van der Waals surface area contributed by atoms with Gasteiger partial charge in [0.05, 0.1) is 23.8 Å². The minimum Gasteiger partial charge on any atom is -0.337 e. The molecular weight excluding hydrogens is 418 g/mol. The number of carbonyl (C=O) groups is 2. The molecule has 3 aliphatic rings. The highest BCUT2D eigenvalue weighted by atomic mass is 19.2. The van der Waals surface area contributed by atoms with Crippen LogP contribution in [0.15, 0.2) is 23.0 Å². The summed E-state index contributed by atoms with van der Waals surface area (Å²) in [7, 11) is 0. The van der Waals surface area contributed by atoms with Crippen LogP contribution in [0.2, 0.25) is 0 Å². The van der Waals surface area contributed by atoms with Crippen molar-refractivity contribution in [3.05, 3.63) is 62.8 Å². The van der Waals surface area contributed by atoms with Crippen LogP contribution < -0.4 is 5.56 Å². The summed E-state index contributed by atoms with van der Waals surface area (Å²) in [5.74, 6) is -1.89. The lowest BCUT2D eigenvalue weighted by atomic mass is 9.99. The maximum Gasteiger partial charge on any atom is 0.256 e. The minimum atomic E-state index is -1.07. The van der Waals surface area contributed by atoms with Gasteiger partial charge in [0.15, 0.2) is 11.6 Å². The zero-order valence-corrected chi connectivity index (χ0v) is 17.6. The molecule has 3 heterocycles. The Morgan fingerprint density at radius 2 is 1.88 bits per heavy atom. The van der Waals surface area contributed by atoms with E-state index in [1.54, 1.807) is 9.80 Å². The molecule has 2 amide bonds. The van der Waals surface area contributed by atoms with Crippen LogP contribution >= 0.6 is 0 Å². The topological polar surface area (TPSA) is 86.4 Å². The number of fused-ring (bicyclic) bond motifs is 1. The number of aromatic nitrogens is 2. The van der Waals surface area contributed by atoms with Crippen molar-refractivity contribution in [1.82, 2.24) is 19.8 Å². The second kappa shape index (κ2) is 8.11. The molecule has 1 aromatic carbocycles. The molecule has 7 nitrogen and oxygen atoms in total. The summed E-state index contributed by atoms with van der Waals surface area (Å²) in [5, 5.41) is 0. The standard InChI is InChI=1S/C23H24F2N4O3/c24-16-7-6-14(11-17(16)25)23(32)29-9-2-1-3-19(29)20-26-18-8-10-28(22(31)13-4-5-13)12-15(18)21(30)27-20/h6-7,11,13,19H,1-5,8-10,12H2,(H,26,27,30)/t19-/m0/s1. The third-order valence-corrected chi connectivity index (χ3v) is 6.57. The molecule has 0 bridgehead atoms. The summed E-state index contributed by atoms with van der Waals surface area (Å²) in [6.45, 7) is 1.23. The van der Waals surface area contributed by atoms with E-state index in [0.29, 0.717) is 43.0 Å². The van der Waals surface area contributed by atoms with Crippen molar-refractivity contribution in [1.29, 1.82) is 0 Å². The highest BCUT2D eigenvalue weighted by molar-refractivity contribution is 5.94. The number of hydrogen-bond acceptors (Lipinski definition) is 4. The largest absolute Gasteiger partial charge is 0.337 e. The highest BCUT2D eigenvalue weighted by Gasteiger charge is 2.36. The fourth-order valence-electron chi connectivity index (χ4n) is 4.63. The van der Waals surface area contributed by atoms with Gasteiger partial charge in [0.25, 0.3) is 11.5 Å². The summed E-state index contributed by atoms with van der Waals surface area (Å²) in [4.78, 5) is 49.2. The van der Waals surface area contributed by atoms with Crippen molar-refractivity contribution in [2.24, 2.45) is 5.92 Å². The predicted octanol–water partition coefficient (Wildman–Crippen LogP) is 2.71. The molecule has 0 spiro atoms. The summed E-state index contributed by atoms with van der Waals surface area (Å²) in [5.41, 5.74) is 0.937. The summed E-state index contributed by atoms with van der Waals surface area (Å²) in [6, 6.07) is 2.65. The van der Waals surface area contributed by atoms with E-state index in [1.807, 2.05) is 0 Å². The summed E-state index contributed by atoms with van der Waals surface area (Å²) >= 11 is 0. The monoisotopic (exact) mass is 442 g/mol. The van der Waals surface area contributed by atoms with Crippen LogP contribution in [-0.2, 0) is 17.8 Å². The number of aromatic amines is 1. The van der Waals surface area contributed by atoms with E-state index in [0.717, 1.165) is 37.8 Å². The Morgan fingerprint density at radius 1 is 1.06 bits per heavy atom. The molecule has 1 aromatic heterocycles. The van der Waals surface area contributed by atoms with Gasteiger partial charge in [-0.2, -0.15) is 0 Å². The molecule has 5 rings (SSSR count). The van der Waals surface area contributed by atoms with E-state index < -0.39 is 23.6 Å². The molecule has 2 fully saturated rings. The first-order valence-electron chi connectivity index (χ1n) is 11.1. The van der Waals surface area contributed by atoms with E-state index >= 15 is 0 Å². The molecule has 9 heteroatoms. The van der Waals surface area contributed by atoms with Crippen LogP contribution in [0.1, 0.15) is 65.6 Å². The van der Waals surface area contributed by atoms with Gasteiger partial charge in [-0.1, -0.05) is 0 Å². The number of benzene rings is 1. The average Bonchev–Trinajstić information content (AvgIpc) is 3.65. The van der Waals surface area contributed by atoms with Gasteiger partial charge in [-0.15, -0.1) is 0 Å². The number of hydrogen-bond donors (Lipinski definition) is 1. The van der Waals surface area contributed by atoms with Gasteiger partial charge in [0, 0.05) is 31.0 Å². The van der Waals surface area contributed by atoms with Gasteiger partial charge < -0.3 is 14.8 Å². The summed E-state index contributed by atoms with van der Waals surface area (Å²) in [6.07, 6.45) is 4.58. The van der Waals surface area contributed by atoms with Crippen molar-refractivity contribution in [2.45, 2.75) is 51.1 Å². The third kappa shape index (κ3) is 3.80. The Balaban J connectivity index is 1.42. The molecule has 2 aromatic rings. The van der Waals surface area contributed by atoms with Gasteiger partial charge in [-0.3, -0.25) is 14.4 Å². The fourth-order valence-corrected chi connectivity index (χ4v) is 4.63. The summed E-state index contributed by atoms with van der Waals surface area (Å²) < 4.78 is 27.0. The number of piperidine rings is 1. The van der Waals surface area contributed by atoms with Crippen LogP contribution in [0.25, 0.3) is 0 Å². The lowest BCUT2D eigenvalue weighted by Crippen LogP contribution is -2.43. The van der Waals surface area contributed by atoms with E-state index in [2.05, 4.69) is 9.97 Å². The van der Waals surface area contributed by atoms with Gasteiger partial charge in [-0.25, -0.2) is 13.8 Å². The second-order valence-electron chi connectivity index (χ2n) is 8.80. The second-order valence-corrected chi connectivity index (χ2v) is 8.80. The Morgan fingerprint density at radius 3 is 2.62 bits per heavy atom. The van der Waals surface area contributed by atoms with Crippen LogP contribution in [-0.4, -0.2) is 44.7 Å². The number of likely N-dealkylation sites (tertiary alicyclic amines) is 1. The van der Waals surface area contributed by atoms with Crippen molar-refractivity contribution < 1.29 is 18.4 Å². The third-order valence-electron chi connectivity index (χ3n) is 6.57. The molecule has 1 N–H and O–H groups in total. The lowest BCUT2D eigenvalue weighted by molar-refractivity contribution is -0.133. The smallest absolute Gasteiger partial charge is 0.256 e. The lowest BCUT2D eigenvalue weighted by Gasteiger charge is -2.36. The first-order chi connectivity index (χ1) is 15.4. The number of nitrogens with zero attached hydrogens (tertiary/aromatic N) is 3. The zero-order chi connectivity index (χ0) is 22.4. The maximum atomic E-state index is 13.7. The zero-order valence-electron chi connectivity index (χ0n) is 17.6. The van der Waals surface area contributed by atoms with Gasteiger partial charge >= 0.3 is 0 Å². The Labute approximate surface area is 183 Å². The number of rotatable bonds is 3. The molecule has 32 heavy (non-hydrogen) atoms. The van der Waals surface area contributed by atoms with Crippen molar-refractivity contribution in [2.75, 3.05) is 13.1 Å². The average molecular weight is 442 g/mol. The number of carbonyl (C=O) groups excluding carboxylic acids is 2. The molecule has 168 valence electrons. The van der Waals surface area contributed by atoms with Crippen molar-refractivity contribution in [3.63, 3.8) is 0 Å². The molecule has 1 saturated carbocycles. The molecule has 1 aliphatic carbocycles. The quantitative estimate of drug-likeness (QED) is 0.792. The molecule has 1 saturated heterocycles. The SMILES string of the molecule is O=C(C1CC1)N1CCc2nc([C@@H]3CCCCN3C(=O)c3ccc(F)c(F)c3)[nH]c(=O)c2C1.